The summed E-state index contributed by atoms with van der Waals surface area (Å²) in [6.07, 6.45) is 2.48. The van der Waals surface area contributed by atoms with Crippen LogP contribution < -0.4 is 0 Å². The van der Waals surface area contributed by atoms with E-state index >= 15 is 0 Å². The fraction of sp³-hybridized carbons (Fsp3) is 0.909. The van der Waals surface area contributed by atoms with Crippen LogP contribution >= 0.6 is 30.4 Å². The number of halogens is 1. The van der Waals surface area contributed by atoms with Gasteiger partial charge in [-0.15, -0.1) is 0 Å². The lowest BCUT2D eigenvalue weighted by atomic mass is 10.0. The fourth-order valence-corrected chi connectivity index (χ4v) is 2.01. The molecule has 96 valence electrons. The second-order valence-corrected chi connectivity index (χ2v) is 6.36. The Bertz CT molecular complexity index is 204. The quantitative estimate of drug-likeness (QED) is 0.296. The number of hydrogen-bond donors (Lipinski definition) is 0. The molecule has 0 spiro atoms. The summed E-state index contributed by atoms with van der Waals surface area (Å²) in [4.78, 5) is 11.5. The van der Waals surface area contributed by atoms with Crippen LogP contribution in [0.4, 0.5) is 0 Å². The van der Waals surface area contributed by atoms with Gasteiger partial charge < -0.3 is 8.92 Å². The van der Waals surface area contributed by atoms with Crippen molar-refractivity contribution < 1.29 is 13.7 Å². The molecule has 0 N–H and O–H groups in total. The van der Waals surface area contributed by atoms with Crippen molar-refractivity contribution in [1.29, 1.82) is 0 Å². The number of rotatable bonds is 7. The van der Waals surface area contributed by atoms with Gasteiger partial charge in [0.15, 0.2) is 0 Å². The van der Waals surface area contributed by atoms with Crippen LogP contribution in [0.1, 0.15) is 47.0 Å². The minimum absolute atomic E-state index is 0.107. The smallest absolute Gasteiger partial charge is 0.306 e. The summed E-state index contributed by atoms with van der Waals surface area (Å²) in [5.74, 6) is 0.252. The maximum Gasteiger partial charge on any atom is 0.306 e. The van der Waals surface area contributed by atoms with Crippen LogP contribution in [0.25, 0.3) is 0 Å². The average molecular weight is 360 g/mol. The van der Waals surface area contributed by atoms with Crippen LogP contribution in [-0.2, 0) is 13.7 Å². The number of esters is 1. The highest BCUT2D eigenvalue weighted by molar-refractivity contribution is 14.2. The van der Waals surface area contributed by atoms with Crippen molar-refractivity contribution in [1.82, 2.24) is 0 Å². The van der Waals surface area contributed by atoms with E-state index in [1.54, 1.807) is 0 Å². The largest absolute Gasteiger partial charge is 0.460 e. The third-order valence-electron chi connectivity index (χ3n) is 1.90. The SMILES string of the molecule is CC(CCCOSI)CC(=O)OC(C)(C)C. The summed E-state index contributed by atoms with van der Waals surface area (Å²) in [6.45, 7) is 8.48. The van der Waals surface area contributed by atoms with Gasteiger partial charge in [0.1, 0.15) is 5.60 Å². The normalized spacial score (nSPS) is 13.6. The Labute approximate surface area is 115 Å². The highest BCUT2D eigenvalue weighted by atomic mass is 127. The van der Waals surface area contributed by atoms with E-state index in [4.69, 9.17) is 8.92 Å². The molecule has 0 radical (unpaired) electrons. The van der Waals surface area contributed by atoms with Crippen LogP contribution in [0.2, 0.25) is 0 Å². The van der Waals surface area contributed by atoms with Gasteiger partial charge >= 0.3 is 5.97 Å². The molecule has 0 aliphatic carbocycles. The maximum atomic E-state index is 11.5. The molecule has 3 nitrogen and oxygen atoms in total. The molecule has 0 aromatic carbocycles. The molecule has 0 heterocycles. The molecule has 5 heteroatoms. The Balaban J connectivity index is 3.62. The Hall–Kier alpha value is 0.510. The molecular formula is C11H21IO3S. The second kappa shape index (κ2) is 8.58. The average Bonchev–Trinajstić information content (AvgIpc) is 2.09. The van der Waals surface area contributed by atoms with Crippen molar-refractivity contribution in [2.24, 2.45) is 5.92 Å². The van der Waals surface area contributed by atoms with Crippen LogP contribution in [0.5, 0.6) is 0 Å². The van der Waals surface area contributed by atoms with Gasteiger partial charge in [-0.25, -0.2) is 0 Å². The summed E-state index contributed by atoms with van der Waals surface area (Å²) in [5, 5.41) is 0. The van der Waals surface area contributed by atoms with Crippen molar-refractivity contribution in [3.8, 4) is 0 Å². The molecule has 1 atom stereocenters. The van der Waals surface area contributed by atoms with Crippen molar-refractivity contribution in [3.63, 3.8) is 0 Å². The molecule has 0 aromatic rings. The van der Waals surface area contributed by atoms with E-state index in [0.29, 0.717) is 12.3 Å². The van der Waals surface area contributed by atoms with Crippen molar-refractivity contribution in [2.75, 3.05) is 6.61 Å². The highest BCUT2D eigenvalue weighted by Crippen LogP contribution is 2.17. The summed E-state index contributed by atoms with van der Waals surface area (Å²) in [6, 6.07) is 0. The summed E-state index contributed by atoms with van der Waals surface area (Å²) in [5.41, 5.74) is -0.377. The number of ether oxygens (including phenoxy) is 1. The van der Waals surface area contributed by atoms with E-state index < -0.39 is 0 Å². The first-order valence-corrected chi connectivity index (χ1v) is 8.75. The molecule has 0 amide bonds. The van der Waals surface area contributed by atoms with E-state index in [2.05, 4.69) is 28.1 Å². The first-order chi connectivity index (χ1) is 7.35. The fourth-order valence-electron chi connectivity index (χ4n) is 1.29. The monoisotopic (exact) mass is 360 g/mol. The van der Waals surface area contributed by atoms with Gasteiger partial charge in [0, 0.05) is 27.6 Å². The first-order valence-electron chi connectivity index (χ1n) is 5.47. The third-order valence-corrected chi connectivity index (χ3v) is 2.92. The minimum atomic E-state index is -0.377. The Morgan fingerprint density at radius 1 is 1.44 bits per heavy atom. The molecule has 0 rings (SSSR count). The molecule has 0 bridgehead atoms. The lowest BCUT2D eigenvalue weighted by molar-refractivity contribution is -0.155. The molecule has 0 saturated carbocycles. The van der Waals surface area contributed by atoms with Gasteiger partial charge in [0.05, 0.1) is 15.8 Å². The topological polar surface area (TPSA) is 35.5 Å². The van der Waals surface area contributed by atoms with Crippen LogP contribution in [-0.4, -0.2) is 18.2 Å². The molecule has 0 aliphatic rings. The van der Waals surface area contributed by atoms with Crippen LogP contribution in [0, 0.1) is 5.92 Å². The van der Waals surface area contributed by atoms with Crippen molar-refractivity contribution >= 4 is 36.4 Å². The minimum Gasteiger partial charge on any atom is -0.460 e. The molecule has 0 fully saturated rings. The molecule has 16 heavy (non-hydrogen) atoms. The third kappa shape index (κ3) is 11.0. The molecular weight excluding hydrogens is 339 g/mol. The van der Waals surface area contributed by atoms with Gasteiger partial charge in [-0.3, -0.25) is 4.79 Å². The maximum absolute atomic E-state index is 11.5. The Morgan fingerprint density at radius 2 is 2.06 bits per heavy atom. The van der Waals surface area contributed by atoms with Crippen molar-refractivity contribution in [3.05, 3.63) is 0 Å². The van der Waals surface area contributed by atoms with E-state index in [1.165, 1.54) is 9.21 Å². The van der Waals surface area contributed by atoms with Gasteiger partial charge in [-0.1, -0.05) is 6.92 Å². The van der Waals surface area contributed by atoms with Gasteiger partial charge in [0.2, 0.25) is 0 Å². The molecule has 0 aliphatic heterocycles. The summed E-state index contributed by atoms with van der Waals surface area (Å²) in [7, 11) is 1.35. The summed E-state index contributed by atoms with van der Waals surface area (Å²) >= 11 is 2.10. The summed E-state index contributed by atoms with van der Waals surface area (Å²) < 4.78 is 10.4. The first kappa shape index (κ1) is 16.5. The number of hydrogen-bond acceptors (Lipinski definition) is 4. The lowest BCUT2D eigenvalue weighted by Gasteiger charge is -2.20. The zero-order valence-electron chi connectivity index (χ0n) is 10.4. The number of carbonyl (C=O) groups is 1. The standard InChI is InChI=1S/C11H21IO3S/c1-9(6-5-7-14-16-12)8-10(13)15-11(2,3)4/h9H,5-8H2,1-4H3. The zero-order valence-corrected chi connectivity index (χ0v) is 13.4. The predicted molar refractivity (Wildman–Crippen MR) is 76.4 cm³/mol. The van der Waals surface area contributed by atoms with E-state index in [9.17, 15) is 4.79 Å². The molecule has 0 saturated heterocycles. The van der Waals surface area contributed by atoms with E-state index in [-0.39, 0.29) is 11.6 Å². The van der Waals surface area contributed by atoms with Crippen LogP contribution in [0.3, 0.4) is 0 Å². The predicted octanol–water partition coefficient (Wildman–Crippen LogP) is 4.15. The molecule has 1 unspecified atom stereocenters. The Kier molecular flexibility index (Phi) is 8.85. The van der Waals surface area contributed by atoms with Gasteiger partial charge in [-0.2, -0.15) is 0 Å². The van der Waals surface area contributed by atoms with Crippen molar-refractivity contribution in [2.45, 2.75) is 52.6 Å². The lowest BCUT2D eigenvalue weighted by Crippen LogP contribution is -2.24. The van der Waals surface area contributed by atoms with E-state index in [1.807, 2.05) is 20.8 Å². The second-order valence-electron chi connectivity index (χ2n) is 4.92. The Morgan fingerprint density at radius 3 is 2.56 bits per heavy atom. The van der Waals surface area contributed by atoms with Crippen LogP contribution in [0.15, 0.2) is 0 Å². The molecule has 0 aromatic heterocycles. The number of carbonyl (C=O) groups excluding carboxylic acids is 1. The van der Waals surface area contributed by atoms with E-state index in [0.717, 1.165) is 19.4 Å². The highest BCUT2D eigenvalue weighted by Gasteiger charge is 2.18. The van der Waals surface area contributed by atoms with Gasteiger partial charge in [-0.05, 0) is 39.5 Å². The zero-order chi connectivity index (χ0) is 12.6. The van der Waals surface area contributed by atoms with Gasteiger partial charge in [0.25, 0.3) is 0 Å².